The van der Waals surface area contributed by atoms with E-state index in [1.165, 1.54) is 11.1 Å². The van der Waals surface area contributed by atoms with Crippen molar-refractivity contribution in [1.82, 2.24) is 0 Å². The van der Waals surface area contributed by atoms with Crippen LogP contribution in [-0.2, 0) is 13.0 Å². The van der Waals surface area contributed by atoms with E-state index in [1.807, 2.05) is 36.7 Å². The van der Waals surface area contributed by atoms with E-state index in [1.54, 1.807) is 20.3 Å². The third kappa shape index (κ3) is 4.46. The van der Waals surface area contributed by atoms with Crippen LogP contribution < -0.4 is 31.0 Å². The SMILES string of the molecule is COc1cc2c(cc1OC)C(=O)/C(=C/c1cc[n+](Cc3cccc(C)c3)cc1)C2.[Br-]. The van der Waals surface area contributed by atoms with Crippen LogP contribution in [0.15, 0.2) is 66.5 Å². The van der Waals surface area contributed by atoms with Gasteiger partial charge in [-0.25, -0.2) is 4.57 Å². The second-order valence-electron chi connectivity index (χ2n) is 7.33. The minimum absolute atomic E-state index is 0. The standard InChI is InChI=1S/C25H24NO3.BrH/c1-17-5-4-6-19(11-17)16-26-9-7-18(8-10-26)12-21-13-20-14-23(28-2)24(29-3)15-22(20)25(21)27;/h4-12,14-15H,13,16H2,1-3H3;1H/q+1;/p-1/b21-12+;. The summed E-state index contributed by atoms with van der Waals surface area (Å²) in [5.74, 6) is 1.28. The van der Waals surface area contributed by atoms with Gasteiger partial charge in [0, 0.05) is 35.3 Å². The van der Waals surface area contributed by atoms with Gasteiger partial charge in [0.1, 0.15) is 0 Å². The molecule has 1 aliphatic rings. The molecular weight excluding hydrogens is 442 g/mol. The van der Waals surface area contributed by atoms with E-state index in [0.717, 1.165) is 23.2 Å². The molecule has 1 aromatic heterocycles. The molecule has 1 aliphatic carbocycles. The topological polar surface area (TPSA) is 39.4 Å². The Bertz CT molecular complexity index is 1100. The normalized spacial score (nSPS) is 13.7. The van der Waals surface area contributed by atoms with Crippen LogP contribution in [0.1, 0.15) is 32.6 Å². The van der Waals surface area contributed by atoms with Crippen LogP contribution in [0.25, 0.3) is 6.08 Å². The molecule has 2 aromatic carbocycles. The van der Waals surface area contributed by atoms with Crippen molar-refractivity contribution in [3.05, 3.63) is 94.3 Å². The third-order valence-corrected chi connectivity index (χ3v) is 5.23. The zero-order valence-corrected chi connectivity index (χ0v) is 18.9. The lowest BCUT2D eigenvalue weighted by Gasteiger charge is -2.08. The highest BCUT2D eigenvalue weighted by molar-refractivity contribution is 6.15. The molecular formula is C25H24BrNO3. The Morgan fingerprint density at radius 3 is 2.37 bits per heavy atom. The molecule has 0 radical (unpaired) electrons. The van der Waals surface area contributed by atoms with Crippen LogP contribution >= 0.6 is 0 Å². The number of pyridine rings is 1. The Morgan fingerprint density at radius 2 is 1.70 bits per heavy atom. The number of ketones is 1. The van der Waals surface area contributed by atoms with Gasteiger partial charge in [-0.3, -0.25) is 4.79 Å². The van der Waals surface area contributed by atoms with Gasteiger partial charge in [0.2, 0.25) is 0 Å². The number of aryl methyl sites for hydroxylation is 1. The lowest BCUT2D eigenvalue weighted by molar-refractivity contribution is -0.688. The number of aromatic nitrogens is 1. The van der Waals surface area contributed by atoms with Crippen LogP contribution in [-0.4, -0.2) is 20.0 Å². The van der Waals surface area contributed by atoms with Crippen molar-refractivity contribution in [2.24, 2.45) is 0 Å². The van der Waals surface area contributed by atoms with E-state index in [2.05, 4.69) is 35.8 Å². The quantitative estimate of drug-likeness (QED) is 0.419. The predicted octanol–water partition coefficient (Wildman–Crippen LogP) is 1.17. The first kappa shape index (κ1) is 21.8. The first-order valence-corrected chi connectivity index (χ1v) is 9.62. The number of hydrogen-bond acceptors (Lipinski definition) is 3. The molecule has 154 valence electrons. The minimum atomic E-state index is 0. The highest BCUT2D eigenvalue weighted by Crippen LogP contribution is 2.36. The molecule has 0 N–H and O–H groups in total. The Hall–Kier alpha value is -2.92. The molecule has 0 saturated carbocycles. The molecule has 0 saturated heterocycles. The maximum absolute atomic E-state index is 12.8. The second-order valence-corrected chi connectivity index (χ2v) is 7.33. The molecule has 0 bridgehead atoms. The minimum Gasteiger partial charge on any atom is -1.00 e. The van der Waals surface area contributed by atoms with Crippen LogP contribution in [0.3, 0.4) is 0 Å². The van der Waals surface area contributed by atoms with Crippen molar-refractivity contribution in [3.63, 3.8) is 0 Å². The van der Waals surface area contributed by atoms with Crippen molar-refractivity contribution >= 4 is 11.9 Å². The van der Waals surface area contributed by atoms with Crippen molar-refractivity contribution in [2.75, 3.05) is 14.2 Å². The monoisotopic (exact) mass is 465 g/mol. The van der Waals surface area contributed by atoms with E-state index in [4.69, 9.17) is 9.47 Å². The number of nitrogens with zero attached hydrogens (tertiary/aromatic N) is 1. The van der Waals surface area contributed by atoms with Gasteiger partial charge in [0.15, 0.2) is 36.2 Å². The number of hydrogen-bond donors (Lipinski definition) is 0. The summed E-state index contributed by atoms with van der Waals surface area (Å²) in [6, 6.07) is 16.3. The fourth-order valence-corrected chi connectivity index (χ4v) is 3.75. The first-order valence-electron chi connectivity index (χ1n) is 9.62. The predicted molar refractivity (Wildman–Crippen MR) is 112 cm³/mol. The molecule has 3 aromatic rings. The summed E-state index contributed by atoms with van der Waals surface area (Å²) < 4.78 is 12.8. The van der Waals surface area contributed by atoms with E-state index < -0.39 is 0 Å². The summed E-state index contributed by atoms with van der Waals surface area (Å²) in [5.41, 5.74) is 6.00. The number of carbonyl (C=O) groups is 1. The molecule has 0 unspecified atom stereocenters. The van der Waals surface area contributed by atoms with Crippen LogP contribution in [0.2, 0.25) is 0 Å². The maximum Gasteiger partial charge on any atom is 0.189 e. The zero-order valence-electron chi connectivity index (χ0n) is 17.3. The van der Waals surface area contributed by atoms with Crippen molar-refractivity contribution in [3.8, 4) is 11.5 Å². The second kappa shape index (κ2) is 9.26. The number of halogens is 1. The molecule has 0 aliphatic heterocycles. The third-order valence-electron chi connectivity index (χ3n) is 5.23. The number of Topliss-reactive ketones (excluding diaryl/α,β-unsaturated/α-hetero) is 1. The molecule has 0 spiro atoms. The molecule has 4 nitrogen and oxygen atoms in total. The average Bonchev–Trinajstić information content (AvgIpc) is 3.03. The van der Waals surface area contributed by atoms with Crippen LogP contribution in [0, 0.1) is 6.92 Å². The van der Waals surface area contributed by atoms with Gasteiger partial charge in [-0.1, -0.05) is 23.8 Å². The summed E-state index contributed by atoms with van der Waals surface area (Å²) in [6.07, 6.45) is 6.67. The fraction of sp³-hybridized carbons (Fsp3) is 0.200. The molecule has 4 rings (SSSR count). The Labute approximate surface area is 187 Å². The number of allylic oxidation sites excluding steroid dienone is 1. The summed E-state index contributed by atoms with van der Waals surface area (Å²) >= 11 is 0. The van der Waals surface area contributed by atoms with Crippen molar-refractivity contribution < 1.29 is 35.8 Å². The summed E-state index contributed by atoms with van der Waals surface area (Å²) in [7, 11) is 3.18. The van der Waals surface area contributed by atoms with Gasteiger partial charge < -0.3 is 26.5 Å². The van der Waals surface area contributed by atoms with Crippen molar-refractivity contribution in [1.29, 1.82) is 0 Å². The highest BCUT2D eigenvalue weighted by Gasteiger charge is 2.27. The van der Waals surface area contributed by atoms with E-state index >= 15 is 0 Å². The molecule has 0 fully saturated rings. The van der Waals surface area contributed by atoms with Crippen LogP contribution in [0.4, 0.5) is 0 Å². The van der Waals surface area contributed by atoms with E-state index in [-0.39, 0.29) is 22.8 Å². The summed E-state index contributed by atoms with van der Waals surface area (Å²) in [4.78, 5) is 12.8. The summed E-state index contributed by atoms with van der Waals surface area (Å²) in [5, 5.41) is 0. The number of rotatable bonds is 5. The fourth-order valence-electron chi connectivity index (χ4n) is 3.75. The van der Waals surface area contributed by atoms with Gasteiger partial charge in [-0.15, -0.1) is 0 Å². The van der Waals surface area contributed by atoms with E-state index in [0.29, 0.717) is 23.5 Å². The number of benzene rings is 2. The van der Waals surface area contributed by atoms with Gasteiger partial charge in [0.05, 0.1) is 14.2 Å². The molecule has 0 amide bonds. The van der Waals surface area contributed by atoms with Crippen molar-refractivity contribution in [2.45, 2.75) is 19.9 Å². The maximum atomic E-state index is 12.8. The Balaban J connectivity index is 0.00000256. The first-order chi connectivity index (χ1) is 14.1. The number of fused-ring (bicyclic) bond motifs is 1. The average molecular weight is 466 g/mol. The van der Waals surface area contributed by atoms with E-state index in [9.17, 15) is 4.79 Å². The Morgan fingerprint density at radius 1 is 1.00 bits per heavy atom. The lowest BCUT2D eigenvalue weighted by Crippen LogP contribution is -3.00. The smallest absolute Gasteiger partial charge is 0.189 e. The highest BCUT2D eigenvalue weighted by atomic mass is 79.9. The lowest BCUT2D eigenvalue weighted by atomic mass is 10.1. The van der Waals surface area contributed by atoms with Gasteiger partial charge >= 0.3 is 0 Å². The number of ether oxygens (including phenoxy) is 2. The van der Waals surface area contributed by atoms with Gasteiger partial charge in [-0.2, -0.15) is 0 Å². The van der Waals surface area contributed by atoms with Gasteiger partial charge in [-0.05, 0) is 42.3 Å². The molecule has 30 heavy (non-hydrogen) atoms. The largest absolute Gasteiger partial charge is 1.00 e. The number of carbonyl (C=O) groups excluding carboxylic acids is 1. The zero-order chi connectivity index (χ0) is 20.4. The summed E-state index contributed by atoms with van der Waals surface area (Å²) in [6.45, 7) is 2.92. The van der Waals surface area contributed by atoms with Gasteiger partial charge in [0.25, 0.3) is 0 Å². The Kier molecular flexibility index (Phi) is 6.73. The molecule has 5 heteroatoms. The van der Waals surface area contributed by atoms with Crippen LogP contribution in [0.5, 0.6) is 11.5 Å². The molecule has 0 atom stereocenters. The molecule has 1 heterocycles. The number of methoxy groups -OCH3 is 2.